The molecule has 2 aromatic rings. The molecule has 158 valence electrons. The summed E-state index contributed by atoms with van der Waals surface area (Å²) >= 11 is 0. The zero-order valence-electron chi connectivity index (χ0n) is 16.4. The lowest BCUT2D eigenvalue weighted by atomic mass is 10.2. The van der Waals surface area contributed by atoms with Gasteiger partial charge in [-0.05, 0) is 45.3 Å². The predicted molar refractivity (Wildman–Crippen MR) is 105 cm³/mol. The summed E-state index contributed by atoms with van der Waals surface area (Å²) in [6.45, 7) is 5.83. The van der Waals surface area contributed by atoms with E-state index in [4.69, 9.17) is 9.78 Å². The SMILES string of the molecule is O=CC(F)(F)F.c1ccc(-c2cn(CCN3CCCC3)c([C@@H]3CCCN3)n2)cc1. The van der Waals surface area contributed by atoms with E-state index in [-0.39, 0.29) is 0 Å². The third-order valence-corrected chi connectivity index (χ3v) is 5.24. The van der Waals surface area contributed by atoms with Crippen molar-refractivity contribution in [2.75, 3.05) is 26.2 Å². The summed E-state index contributed by atoms with van der Waals surface area (Å²) in [5.41, 5.74) is 2.32. The fraction of sp³-hybridized carbons (Fsp3) is 0.524. The largest absolute Gasteiger partial charge is 0.446 e. The number of nitrogens with zero attached hydrogens (tertiary/aromatic N) is 3. The second-order valence-electron chi connectivity index (χ2n) is 7.40. The van der Waals surface area contributed by atoms with Crippen LogP contribution in [0.5, 0.6) is 0 Å². The number of rotatable bonds is 5. The highest BCUT2D eigenvalue weighted by molar-refractivity contribution is 5.58. The average Bonchev–Trinajstić information content (AvgIpc) is 3.48. The van der Waals surface area contributed by atoms with Crippen LogP contribution >= 0.6 is 0 Å². The minimum atomic E-state index is -4.64. The summed E-state index contributed by atoms with van der Waals surface area (Å²) in [7, 11) is 0. The summed E-state index contributed by atoms with van der Waals surface area (Å²) < 4.78 is 33.6. The summed E-state index contributed by atoms with van der Waals surface area (Å²) in [5, 5.41) is 3.61. The molecule has 29 heavy (non-hydrogen) atoms. The van der Waals surface area contributed by atoms with Gasteiger partial charge in [0.25, 0.3) is 0 Å². The van der Waals surface area contributed by atoms with Gasteiger partial charge in [-0.3, -0.25) is 4.79 Å². The summed E-state index contributed by atoms with van der Waals surface area (Å²) in [4.78, 5) is 16.3. The van der Waals surface area contributed by atoms with E-state index in [0.717, 1.165) is 25.3 Å². The fourth-order valence-corrected chi connectivity index (χ4v) is 3.80. The van der Waals surface area contributed by atoms with Gasteiger partial charge in [0, 0.05) is 24.8 Å². The van der Waals surface area contributed by atoms with Gasteiger partial charge in [-0.2, -0.15) is 13.2 Å². The predicted octanol–water partition coefficient (Wildman–Crippen LogP) is 3.82. The van der Waals surface area contributed by atoms with Crippen molar-refractivity contribution in [3.8, 4) is 11.3 Å². The molecular weight excluding hydrogens is 381 g/mol. The quantitative estimate of drug-likeness (QED) is 0.765. The molecule has 0 amide bonds. The van der Waals surface area contributed by atoms with Crippen LogP contribution in [0.2, 0.25) is 0 Å². The highest BCUT2D eigenvalue weighted by Gasteiger charge is 2.25. The zero-order valence-corrected chi connectivity index (χ0v) is 16.4. The molecule has 2 saturated heterocycles. The van der Waals surface area contributed by atoms with Crippen LogP contribution in [0.1, 0.15) is 37.5 Å². The Balaban J connectivity index is 0.000000353. The molecule has 1 N–H and O–H groups in total. The van der Waals surface area contributed by atoms with E-state index in [1.165, 1.54) is 50.2 Å². The van der Waals surface area contributed by atoms with Crippen molar-refractivity contribution in [1.29, 1.82) is 0 Å². The normalized spacial score (nSPS) is 19.8. The number of alkyl halides is 3. The molecule has 0 saturated carbocycles. The Labute approximate surface area is 168 Å². The van der Waals surface area contributed by atoms with Gasteiger partial charge in [0.15, 0.2) is 0 Å². The number of imidazole rings is 1. The molecule has 2 fully saturated rings. The van der Waals surface area contributed by atoms with Crippen LogP contribution < -0.4 is 5.32 Å². The third kappa shape index (κ3) is 6.40. The fourth-order valence-electron chi connectivity index (χ4n) is 3.80. The molecule has 0 aliphatic carbocycles. The molecule has 0 bridgehead atoms. The van der Waals surface area contributed by atoms with Crippen molar-refractivity contribution >= 4 is 6.29 Å². The number of halogens is 3. The van der Waals surface area contributed by atoms with Gasteiger partial charge in [-0.15, -0.1) is 0 Å². The number of carbonyl (C=O) groups excluding carboxylic acids is 1. The van der Waals surface area contributed by atoms with Crippen molar-refractivity contribution in [2.45, 2.75) is 44.4 Å². The second-order valence-corrected chi connectivity index (χ2v) is 7.40. The van der Waals surface area contributed by atoms with E-state index < -0.39 is 12.5 Å². The minimum Gasteiger partial charge on any atom is -0.332 e. The smallest absolute Gasteiger partial charge is 0.332 e. The monoisotopic (exact) mass is 408 g/mol. The molecule has 1 aromatic carbocycles. The van der Waals surface area contributed by atoms with Gasteiger partial charge in [0.1, 0.15) is 5.82 Å². The van der Waals surface area contributed by atoms with Crippen molar-refractivity contribution in [1.82, 2.24) is 19.8 Å². The molecular formula is C21H27F3N4O. The van der Waals surface area contributed by atoms with Gasteiger partial charge >= 0.3 is 6.18 Å². The summed E-state index contributed by atoms with van der Waals surface area (Å²) in [6, 6.07) is 11.0. The van der Waals surface area contributed by atoms with Gasteiger partial charge < -0.3 is 14.8 Å². The van der Waals surface area contributed by atoms with Crippen molar-refractivity contribution < 1.29 is 18.0 Å². The van der Waals surface area contributed by atoms with Gasteiger partial charge in [-0.1, -0.05) is 30.3 Å². The first-order valence-electron chi connectivity index (χ1n) is 10.1. The van der Waals surface area contributed by atoms with Gasteiger partial charge in [0.2, 0.25) is 6.29 Å². The number of nitrogens with one attached hydrogen (secondary N) is 1. The lowest BCUT2D eigenvalue weighted by molar-refractivity contribution is -0.156. The van der Waals surface area contributed by atoms with Crippen LogP contribution in [0.25, 0.3) is 11.3 Å². The van der Waals surface area contributed by atoms with E-state index in [1.807, 2.05) is 0 Å². The standard InChI is InChI=1S/C19H26N4.C2HF3O/c1-2-7-16(8-3-1)18-15-23(14-13-22-11-4-5-12-22)19(21-18)17-9-6-10-20-17;3-2(4,5)1-6/h1-3,7-8,15,17,20H,4-6,9-14H2;1H/t17-;/m0./s1. The first-order chi connectivity index (χ1) is 14.0. The number of aldehydes is 1. The van der Waals surface area contributed by atoms with E-state index in [9.17, 15) is 13.2 Å². The lowest BCUT2D eigenvalue weighted by Gasteiger charge is -2.17. The van der Waals surface area contributed by atoms with Gasteiger partial charge in [-0.25, -0.2) is 4.98 Å². The van der Waals surface area contributed by atoms with Crippen molar-refractivity contribution in [2.24, 2.45) is 0 Å². The molecule has 2 aliphatic rings. The van der Waals surface area contributed by atoms with Crippen molar-refractivity contribution in [3.63, 3.8) is 0 Å². The van der Waals surface area contributed by atoms with Crippen LogP contribution in [0.15, 0.2) is 36.5 Å². The molecule has 5 nitrogen and oxygen atoms in total. The molecule has 2 aliphatic heterocycles. The minimum absolute atomic E-state index is 0.422. The molecule has 0 unspecified atom stereocenters. The number of hydrogen-bond donors (Lipinski definition) is 1. The Hall–Kier alpha value is -2.19. The third-order valence-electron chi connectivity index (χ3n) is 5.24. The Bertz CT molecular complexity index is 764. The Morgan fingerprint density at radius 2 is 1.79 bits per heavy atom. The van der Waals surface area contributed by atoms with Gasteiger partial charge in [0.05, 0.1) is 11.7 Å². The molecule has 3 heterocycles. The number of likely N-dealkylation sites (tertiary alicyclic amines) is 1. The first-order valence-corrected chi connectivity index (χ1v) is 10.1. The zero-order chi connectivity index (χ0) is 20.7. The van der Waals surface area contributed by atoms with E-state index in [1.54, 1.807) is 0 Å². The maximum atomic E-state index is 10.4. The van der Waals surface area contributed by atoms with Crippen LogP contribution in [-0.4, -0.2) is 53.1 Å². The number of hydrogen-bond acceptors (Lipinski definition) is 4. The topological polar surface area (TPSA) is 50.2 Å². The lowest BCUT2D eigenvalue weighted by Crippen LogP contribution is -2.26. The van der Waals surface area contributed by atoms with E-state index in [0.29, 0.717) is 6.04 Å². The first kappa shape index (κ1) is 21.5. The molecule has 8 heteroatoms. The van der Waals surface area contributed by atoms with Crippen LogP contribution in [-0.2, 0) is 11.3 Å². The summed E-state index contributed by atoms with van der Waals surface area (Å²) in [5.74, 6) is 1.22. The maximum absolute atomic E-state index is 10.4. The van der Waals surface area contributed by atoms with Crippen LogP contribution in [0.3, 0.4) is 0 Å². The molecule has 1 atom stereocenters. The Morgan fingerprint density at radius 3 is 2.38 bits per heavy atom. The Morgan fingerprint density at radius 1 is 1.10 bits per heavy atom. The highest BCUT2D eigenvalue weighted by atomic mass is 19.4. The molecule has 4 rings (SSSR count). The number of aromatic nitrogens is 2. The Kier molecular flexibility index (Phi) is 7.44. The summed E-state index contributed by atoms with van der Waals surface area (Å²) in [6.07, 6.45) is 1.72. The van der Waals surface area contributed by atoms with Crippen molar-refractivity contribution in [3.05, 3.63) is 42.4 Å². The van der Waals surface area contributed by atoms with E-state index >= 15 is 0 Å². The molecule has 0 radical (unpaired) electrons. The number of benzene rings is 1. The highest BCUT2D eigenvalue weighted by Crippen LogP contribution is 2.26. The molecule has 0 spiro atoms. The second kappa shape index (κ2) is 10.0. The average molecular weight is 408 g/mol. The van der Waals surface area contributed by atoms with Crippen LogP contribution in [0.4, 0.5) is 13.2 Å². The maximum Gasteiger partial charge on any atom is 0.446 e. The number of carbonyl (C=O) groups is 1. The van der Waals surface area contributed by atoms with E-state index in [2.05, 4.69) is 51.3 Å². The van der Waals surface area contributed by atoms with Crippen LogP contribution in [0, 0.1) is 0 Å². The molecule has 1 aromatic heterocycles.